The van der Waals surface area contributed by atoms with Gasteiger partial charge in [-0.3, -0.25) is 9.59 Å². The molecule has 0 saturated carbocycles. The van der Waals surface area contributed by atoms with Crippen LogP contribution in [0.25, 0.3) is 21.3 Å². The second-order valence-electron chi connectivity index (χ2n) is 7.84. The molecule has 0 saturated heterocycles. The number of hydrogen-bond acceptors (Lipinski definition) is 7. The summed E-state index contributed by atoms with van der Waals surface area (Å²) in [5, 5.41) is 13.9. The monoisotopic (exact) mass is 477 g/mol. The molecule has 0 bridgehead atoms. The average Bonchev–Trinajstić information content (AvgIpc) is 3.13. The number of rotatable bonds is 6. The number of aldehydes is 1. The minimum absolute atomic E-state index is 0.0962. The summed E-state index contributed by atoms with van der Waals surface area (Å²) >= 11 is 2.95. The SMILES string of the molecule is Cc1ccc(-c2c(C)sc3ncnc(SC(C)C(=O)Nc4cc(C=O)ccc4O)c23)cc1C. The molecule has 2 aromatic heterocycles. The number of thiophene rings is 1. The van der Waals surface area contributed by atoms with Gasteiger partial charge in [0.2, 0.25) is 5.91 Å². The Balaban J connectivity index is 1.67. The fourth-order valence-electron chi connectivity index (χ4n) is 3.53. The third kappa shape index (κ3) is 4.62. The Morgan fingerprint density at radius 1 is 1.12 bits per heavy atom. The number of carbonyl (C=O) groups excluding carboxylic acids is 2. The van der Waals surface area contributed by atoms with Crippen LogP contribution < -0.4 is 5.32 Å². The normalized spacial score (nSPS) is 12.0. The van der Waals surface area contributed by atoms with Crippen LogP contribution in [0.5, 0.6) is 5.75 Å². The van der Waals surface area contributed by atoms with Gasteiger partial charge < -0.3 is 10.4 Å². The Morgan fingerprint density at radius 3 is 2.64 bits per heavy atom. The van der Waals surface area contributed by atoms with E-state index in [0.717, 1.165) is 31.2 Å². The van der Waals surface area contributed by atoms with Gasteiger partial charge >= 0.3 is 0 Å². The highest BCUT2D eigenvalue weighted by Gasteiger charge is 2.22. The number of aromatic hydroxyl groups is 1. The molecule has 0 aliphatic rings. The minimum atomic E-state index is -0.504. The summed E-state index contributed by atoms with van der Waals surface area (Å²) in [7, 11) is 0. The van der Waals surface area contributed by atoms with E-state index < -0.39 is 5.25 Å². The summed E-state index contributed by atoms with van der Waals surface area (Å²) in [5.41, 5.74) is 5.20. The number of aromatic nitrogens is 2. The van der Waals surface area contributed by atoms with E-state index in [0.29, 0.717) is 11.8 Å². The molecule has 6 nitrogen and oxygen atoms in total. The van der Waals surface area contributed by atoms with E-state index in [9.17, 15) is 14.7 Å². The van der Waals surface area contributed by atoms with Crippen LogP contribution in [0.3, 0.4) is 0 Å². The van der Waals surface area contributed by atoms with Gasteiger partial charge in [-0.15, -0.1) is 11.3 Å². The van der Waals surface area contributed by atoms with E-state index in [2.05, 4.69) is 54.3 Å². The zero-order valence-electron chi connectivity index (χ0n) is 18.7. The molecule has 2 aromatic carbocycles. The van der Waals surface area contributed by atoms with E-state index in [1.54, 1.807) is 18.3 Å². The average molecular weight is 478 g/mol. The van der Waals surface area contributed by atoms with E-state index in [1.807, 2.05) is 0 Å². The van der Waals surface area contributed by atoms with E-state index in [1.165, 1.54) is 47.4 Å². The van der Waals surface area contributed by atoms with Crippen LogP contribution in [0.1, 0.15) is 33.3 Å². The maximum atomic E-state index is 12.9. The molecule has 1 unspecified atom stereocenters. The molecule has 4 rings (SSSR count). The number of hydrogen-bond donors (Lipinski definition) is 2. The lowest BCUT2D eigenvalue weighted by molar-refractivity contribution is -0.115. The van der Waals surface area contributed by atoms with Crippen LogP contribution in [0, 0.1) is 20.8 Å². The first-order valence-corrected chi connectivity index (χ1v) is 12.1. The van der Waals surface area contributed by atoms with Crippen molar-refractivity contribution in [3.8, 4) is 16.9 Å². The Morgan fingerprint density at radius 2 is 1.91 bits per heavy atom. The third-order valence-electron chi connectivity index (χ3n) is 5.50. The number of carbonyl (C=O) groups is 2. The van der Waals surface area contributed by atoms with Crippen LogP contribution in [0.2, 0.25) is 0 Å². The van der Waals surface area contributed by atoms with Crippen molar-refractivity contribution >= 4 is 51.2 Å². The van der Waals surface area contributed by atoms with Crippen molar-refractivity contribution in [3.63, 3.8) is 0 Å². The number of thioether (sulfide) groups is 1. The predicted octanol–water partition coefficient (Wildman–Crippen LogP) is 5.92. The van der Waals surface area contributed by atoms with Gasteiger partial charge in [0, 0.05) is 16.0 Å². The number of nitrogens with zero attached hydrogens (tertiary/aromatic N) is 2. The zero-order valence-corrected chi connectivity index (χ0v) is 20.3. The maximum absolute atomic E-state index is 12.9. The minimum Gasteiger partial charge on any atom is -0.506 e. The molecule has 168 valence electrons. The van der Waals surface area contributed by atoms with Crippen molar-refractivity contribution in [2.24, 2.45) is 0 Å². The van der Waals surface area contributed by atoms with Gasteiger partial charge in [0.05, 0.1) is 16.3 Å². The molecule has 1 atom stereocenters. The first kappa shape index (κ1) is 22.9. The number of aryl methyl sites for hydroxylation is 3. The molecule has 8 heteroatoms. The van der Waals surface area contributed by atoms with Crippen molar-refractivity contribution in [1.82, 2.24) is 9.97 Å². The fraction of sp³-hybridized carbons (Fsp3) is 0.200. The van der Waals surface area contributed by atoms with Crippen LogP contribution in [-0.4, -0.2) is 32.5 Å². The molecule has 0 aliphatic heterocycles. The lowest BCUT2D eigenvalue weighted by Gasteiger charge is -2.14. The standard InChI is InChI=1S/C25H23N3O3S2/c1-13-5-7-18(9-14(13)2)21-15(3)32-24-22(21)25(27-12-26-24)33-16(4)23(31)28-19-10-17(11-29)6-8-20(19)30/h5-12,16,30H,1-4H3,(H,28,31). The Bertz CT molecular complexity index is 1380. The van der Waals surface area contributed by atoms with Gasteiger partial charge in [-0.1, -0.05) is 30.0 Å². The second kappa shape index (κ2) is 9.33. The van der Waals surface area contributed by atoms with Crippen molar-refractivity contribution in [2.45, 2.75) is 38.0 Å². The molecule has 4 aromatic rings. The third-order valence-corrected chi connectivity index (χ3v) is 7.61. The van der Waals surface area contributed by atoms with Gasteiger partial charge in [-0.2, -0.15) is 0 Å². The summed E-state index contributed by atoms with van der Waals surface area (Å²) in [6.07, 6.45) is 2.19. The van der Waals surface area contributed by atoms with Gasteiger partial charge in [-0.25, -0.2) is 9.97 Å². The maximum Gasteiger partial charge on any atom is 0.237 e. The number of amides is 1. The Kier molecular flexibility index (Phi) is 6.49. The molecule has 2 N–H and O–H groups in total. The highest BCUT2D eigenvalue weighted by atomic mass is 32.2. The number of nitrogens with one attached hydrogen (secondary N) is 1. The summed E-state index contributed by atoms with van der Waals surface area (Å²) in [6.45, 7) is 8.04. The topological polar surface area (TPSA) is 92.2 Å². The van der Waals surface area contributed by atoms with E-state index in [4.69, 9.17) is 0 Å². The highest BCUT2D eigenvalue weighted by Crippen LogP contribution is 2.42. The Hall–Kier alpha value is -3.23. The molecule has 0 radical (unpaired) electrons. The predicted molar refractivity (Wildman–Crippen MR) is 135 cm³/mol. The molecule has 2 heterocycles. The number of fused-ring (bicyclic) bond motifs is 1. The number of benzene rings is 2. The van der Waals surface area contributed by atoms with Gasteiger partial charge in [-0.05, 0) is 62.6 Å². The van der Waals surface area contributed by atoms with E-state index in [-0.39, 0.29) is 17.3 Å². The van der Waals surface area contributed by atoms with Crippen molar-refractivity contribution in [2.75, 3.05) is 5.32 Å². The van der Waals surface area contributed by atoms with Crippen LogP contribution >= 0.6 is 23.1 Å². The number of phenols is 1. The largest absolute Gasteiger partial charge is 0.506 e. The summed E-state index contributed by atoms with van der Waals surface area (Å²) in [4.78, 5) is 34.9. The first-order chi connectivity index (χ1) is 15.8. The van der Waals surface area contributed by atoms with Crippen LogP contribution in [0.15, 0.2) is 47.8 Å². The van der Waals surface area contributed by atoms with Gasteiger partial charge in [0.15, 0.2) is 0 Å². The summed E-state index contributed by atoms with van der Waals surface area (Å²) in [5.74, 6) is -0.397. The quantitative estimate of drug-likeness (QED) is 0.155. The summed E-state index contributed by atoms with van der Waals surface area (Å²) < 4.78 is 0. The van der Waals surface area contributed by atoms with Gasteiger partial charge in [0.25, 0.3) is 0 Å². The van der Waals surface area contributed by atoms with Crippen molar-refractivity contribution in [1.29, 1.82) is 0 Å². The zero-order chi connectivity index (χ0) is 23.7. The van der Waals surface area contributed by atoms with Gasteiger partial charge in [0.1, 0.15) is 28.2 Å². The van der Waals surface area contributed by atoms with Crippen molar-refractivity contribution in [3.05, 3.63) is 64.3 Å². The molecule has 0 aliphatic carbocycles. The lowest BCUT2D eigenvalue weighted by atomic mass is 9.99. The Labute approximate surface area is 200 Å². The smallest absolute Gasteiger partial charge is 0.237 e. The molecule has 0 spiro atoms. The molecular weight excluding hydrogens is 454 g/mol. The molecular formula is C25H23N3O3S2. The molecule has 0 fully saturated rings. The number of phenolic OH excluding ortho intramolecular Hbond substituents is 1. The fourth-order valence-corrected chi connectivity index (χ4v) is 5.54. The lowest BCUT2D eigenvalue weighted by Crippen LogP contribution is -2.22. The highest BCUT2D eigenvalue weighted by molar-refractivity contribution is 8.00. The van der Waals surface area contributed by atoms with Crippen LogP contribution in [-0.2, 0) is 4.79 Å². The van der Waals surface area contributed by atoms with E-state index >= 15 is 0 Å². The molecule has 33 heavy (non-hydrogen) atoms. The van der Waals surface area contributed by atoms with Crippen molar-refractivity contribution < 1.29 is 14.7 Å². The summed E-state index contributed by atoms with van der Waals surface area (Å²) in [6, 6.07) is 10.7. The van der Waals surface area contributed by atoms with Crippen LogP contribution in [0.4, 0.5) is 5.69 Å². The molecule has 1 amide bonds. The second-order valence-corrected chi connectivity index (χ2v) is 10.4. The number of anilines is 1. The first-order valence-electron chi connectivity index (χ1n) is 10.4.